The van der Waals surface area contributed by atoms with Crippen molar-refractivity contribution in [3.05, 3.63) is 15.9 Å². The first kappa shape index (κ1) is 10.0. The number of H-pyrrole nitrogens is 1. The van der Waals surface area contributed by atoms with Gasteiger partial charge in [0.05, 0.1) is 22.5 Å². The summed E-state index contributed by atoms with van der Waals surface area (Å²) in [5, 5.41) is 9.52. The maximum absolute atomic E-state index is 9.52. The van der Waals surface area contributed by atoms with Crippen molar-refractivity contribution in [2.24, 2.45) is 0 Å². The van der Waals surface area contributed by atoms with Crippen LogP contribution in [0.15, 0.2) is 4.47 Å². The van der Waals surface area contributed by atoms with Gasteiger partial charge in [-0.1, -0.05) is 0 Å². The van der Waals surface area contributed by atoms with Crippen LogP contribution in [0.3, 0.4) is 0 Å². The number of nitrogens with one attached hydrogen (secondary N) is 1. The van der Waals surface area contributed by atoms with Gasteiger partial charge in [-0.3, -0.25) is 0 Å². The topological polar surface area (TPSA) is 54.5 Å². The van der Waals surface area contributed by atoms with Gasteiger partial charge in [-0.15, -0.1) is 0 Å². The number of methoxy groups -OCH3 is 1. The number of aliphatic hydroxyl groups excluding tert-OH is 1. The summed E-state index contributed by atoms with van der Waals surface area (Å²) in [4.78, 5) is 3.11. The molecule has 5 heteroatoms. The molecule has 0 aromatic carbocycles. The Balaban J connectivity index is 2.38. The lowest BCUT2D eigenvalue weighted by molar-refractivity contribution is -0.0801. The molecule has 0 saturated heterocycles. The van der Waals surface area contributed by atoms with E-state index in [9.17, 15) is 5.11 Å². The van der Waals surface area contributed by atoms with Crippen LogP contribution < -0.4 is 4.74 Å². The second-order valence-electron chi connectivity index (χ2n) is 3.20. The molecule has 0 radical (unpaired) electrons. The molecular formula is C9H12BrNO3. The Morgan fingerprint density at radius 2 is 2.43 bits per heavy atom. The summed E-state index contributed by atoms with van der Waals surface area (Å²) in [6.45, 7) is 0.728. The molecule has 1 unspecified atom stereocenters. The van der Waals surface area contributed by atoms with Gasteiger partial charge in [-0.25, -0.2) is 0 Å². The molecule has 2 N–H and O–H groups in total. The monoisotopic (exact) mass is 261 g/mol. The molecule has 1 aliphatic heterocycles. The predicted octanol–water partition coefficient (Wildman–Crippen LogP) is 1.74. The second-order valence-corrected chi connectivity index (χ2v) is 3.99. The van der Waals surface area contributed by atoms with Crippen molar-refractivity contribution in [3.63, 3.8) is 0 Å². The van der Waals surface area contributed by atoms with Crippen molar-refractivity contribution in [3.8, 4) is 5.75 Å². The van der Waals surface area contributed by atoms with Crippen molar-refractivity contribution in [2.45, 2.75) is 19.1 Å². The average molecular weight is 262 g/mol. The van der Waals surface area contributed by atoms with E-state index in [-0.39, 0.29) is 0 Å². The van der Waals surface area contributed by atoms with E-state index in [4.69, 9.17) is 9.47 Å². The highest BCUT2D eigenvalue weighted by Gasteiger charge is 2.23. The van der Waals surface area contributed by atoms with Gasteiger partial charge in [0, 0.05) is 7.11 Å². The molecule has 0 aliphatic carbocycles. The minimum atomic E-state index is -0.932. The molecule has 1 atom stereocenters. The Bertz CT molecular complexity index is 337. The molecule has 0 bridgehead atoms. The van der Waals surface area contributed by atoms with Gasteiger partial charge < -0.3 is 19.6 Å². The average Bonchev–Trinajstić information content (AvgIpc) is 2.56. The van der Waals surface area contributed by atoms with E-state index in [1.54, 1.807) is 0 Å². The third kappa shape index (κ3) is 1.55. The van der Waals surface area contributed by atoms with E-state index in [0.717, 1.165) is 35.4 Å². The smallest absolute Gasteiger partial charge is 0.197 e. The second kappa shape index (κ2) is 3.92. The van der Waals surface area contributed by atoms with E-state index in [1.807, 2.05) is 0 Å². The number of rotatable bonds is 2. The first-order valence-electron chi connectivity index (χ1n) is 4.48. The lowest BCUT2D eigenvalue weighted by atomic mass is 10.2. The number of ether oxygens (including phenoxy) is 2. The number of aliphatic hydroxyl groups is 1. The van der Waals surface area contributed by atoms with Gasteiger partial charge in [-0.05, 0) is 28.8 Å². The van der Waals surface area contributed by atoms with Gasteiger partial charge in [-0.2, -0.15) is 0 Å². The number of hydrogen-bond donors (Lipinski definition) is 2. The standard InChI is InChI=1S/C9H12BrNO3/c1-13-9(12)7-6(10)8-5(11-7)3-2-4-14-8/h9,11-12H,2-4H2,1H3. The summed E-state index contributed by atoms with van der Waals surface area (Å²) >= 11 is 3.38. The maximum Gasteiger partial charge on any atom is 0.197 e. The molecule has 2 heterocycles. The quantitative estimate of drug-likeness (QED) is 0.798. The minimum absolute atomic E-state index is 0.624. The summed E-state index contributed by atoms with van der Waals surface area (Å²) < 4.78 is 11.1. The number of hydrogen-bond acceptors (Lipinski definition) is 3. The van der Waals surface area contributed by atoms with Crippen molar-refractivity contribution in [2.75, 3.05) is 13.7 Å². The first-order chi connectivity index (χ1) is 6.74. The van der Waals surface area contributed by atoms with Crippen LogP contribution in [-0.4, -0.2) is 23.8 Å². The van der Waals surface area contributed by atoms with E-state index in [2.05, 4.69) is 20.9 Å². The summed E-state index contributed by atoms with van der Waals surface area (Å²) in [6.07, 6.45) is 1.02. The van der Waals surface area contributed by atoms with Crippen LogP contribution >= 0.6 is 15.9 Å². The predicted molar refractivity (Wildman–Crippen MR) is 54.3 cm³/mol. The normalized spacial score (nSPS) is 17.4. The van der Waals surface area contributed by atoms with Crippen LogP contribution in [0.25, 0.3) is 0 Å². The van der Waals surface area contributed by atoms with Crippen LogP contribution in [0.1, 0.15) is 24.1 Å². The highest BCUT2D eigenvalue weighted by molar-refractivity contribution is 9.10. The summed E-state index contributed by atoms with van der Waals surface area (Å²) in [6, 6.07) is 0. The maximum atomic E-state index is 9.52. The Morgan fingerprint density at radius 1 is 1.64 bits per heavy atom. The fourth-order valence-electron chi connectivity index (χ4n) is 1.57. The lowest BCUT2D eigenvalue weighted by Gasteiger charge is -2.12. The molecule has 14 heavy (non-hydrogen) atoms. The van der Waals surface area contributed by atoms with E-state index in [1.165, 1.54) is 7.11 Å². The van der Waals surface area contributed by atoms with Gasteiger partial charge in [0.1, 0.15) is 0 Å². The molecule has 2 rings (SSSR count). The van der Waals surface area contributed by atoms with Gasteiger partial charge in [0.2, 0.25) is 0 Å². The van der Waals surface area contributed by atoms with E-state index in [0.29, 0.717) is 5.69 Å². The van der Waals surface area contributed by atoms with Gasteiger partial charge in [0.25, 0.3) is 0 Å². The number of fused-ring (bicyclic) bond motifs is 1. The molecule has 0 spiro atoms. The molecule has 0 amide bonds. The van der Waals surface area contributed by atoms with Crippen molar-refractivity contribution in [1.29, 1.82) is 0 Å². The molecule has 0 fully saturated rings. The Hall–Kier alpha value is -0.520. The number of aromatic nitrogens is 1. The van der Waals surface area contributed by atoms with Crippen LogP contribution in [0.5, 0.6) is 5.75 Å². The molecule has 78 valence electrons. The zero-order chi connectivity index (χ0) is 10.1. The summed E-state index contributed by atoms with van der Waals surface area (Å²) in [7, 11) is 1.46. The first-order valence-corrected chi connectivity index (χ1v) is 5.27. The highest BCUT2D eigenvalue weighted by atomic mass is 79.9. The fourth-order valence-corrected chi connectivity index (χ4v) is 2.22. The molecule has 1 aliphatic rings. The summed E-state index contributed by atoms with van der Waals surface area (Å²) in [5.74, 6) is 0.808. The zero-order valence-electron chi connectivity index (χ0n) is 7.84. The highest BCUT2D eigenvalue weighted by Crippen LogP contribution is 2.38. The van der Waals surface area contributed by atoms with Gasteiger partial charge in [0.15, 0.2) is 12.0 Å². The number of halogens is 1. The molecule has 1 aromatic rings. The summed E-state index contributed by atoms with van der Waals surface area (Å²) in [5.41, 5.74) is 1.65. The third-order valence-electron chi connectivity index (χ3n) is 2.28. The van der Waals surface area contributed by atoms with Crippen LogP contribution in [-0.2, 0) is 11.2 Å². The van der Waals surface area contributed by atoms with Crippen molar-refractivity contribution < 1.29 is 14.6 Å². The molecule has 4 nitrogen and oxygen atoms in total. The van der Waals surface area contributed by atoms with Crippen LogP contribution in [0, 0.1) is 0 Å². The number of aryl methyl sites for hydroxylation is 1. The van der Waals surface area contributed by atoms with E-state index >= 15 is 0 Å². The molecule has 1 aromatic heterocycles. The Kier molecular flexibility index (Phi) is 2.80. The molecular weight excluding hydrogens is 250 g/mol. The lowest BCUT2D eigenvalue weighted by Crippen LogP contribution is -2.07. The number of aromatic amines is 1. The SMILES string of the molecule is COC(O)c1[nH]c2c(c1Br)OCCC2. The van der Waals surface area contributed by atoms with Crippen molar-refractivity contribution in [1.82, 2.24) is 4.98 Å². The van der Waals surface area contributed by atoms with E-state index < -0.39 is 6.29 Å². The largest absolute Gasteiger partial charge is 0.490 e. The fraction of sp³-hybridized carbons (Fsp3) is 0.556. The van der Waals surface area contributed by atoms with Crippen LogP contribution in [0.2, 0.25) is 0 Å². The Labute approximate surface area is 90.3 Å². The van der Waals surface area contributed by atoms with Crippen LogP contribution in [0.4, 0.5) is 0 Å². The molecule has 0 saturated carbocycles. The zero-order valence-corrected chi connectivity index (χ0v) is 9.43. The Morgan fingerprint density at radius 3 is 3.07 bits per heavy atom. The van der Waals surface area contributed by atoms with Gasteiger partial charge >= 0.3 is 0 Å². The van der Waals surface area contributed by atoms with Crippen molar-refractivity contribution >= 4 is 15.9 Å². The minimum Gasteiger partial charge on any atom is -0.490 e. The third-order valence-corrected chi connectivity index (χ3v) is 3.07.